The fourth-order valence-corrected chi connectivity index (χ4v) is 3.09. The summed E-state index contributed by atoms with van der Waals surface area (Å²) in [5.74, 6) is 0.138. The second-order valence-corrected chi connectivity index (χ2v) is 6.32. The summed E-state index contributed by atoms with van der Waals surface area (Å²) in [4.78, 5) is 35.9. The summed E-state index contributed by atoms with van der Waals surface area (Å²) in [6, 6.07) is 7.16. The molecule has 0 fully saturated rings. The fourth-order valence-electron chi connectivity index (χ4n) is 3.09. The molecule has 4 rings (SSSR count). The molecular weight excluding hydrogens is 344 g/mol. The number of carbonyl (C=O) groups is 2. The van der Waals surface area contributed by atoms with Crippen LogP contribution < -0.4 is 10.1 Å². The number of nitrogens with one attached hydrogen (secondary N) is 2. The fraction of sp³-hybridized carbons (Fsp3) is 0.200. The number of ketones is 1. The minimum absolute atomic E-state index is 0.0138. The van der Waals surface area contributed by atoms with Gasteiger partial charge in [0.2, 0.25) is 5.88 Å². The summed E-state index contributed by atoms with van der Waals surface area (Å²) in [6.07, 6.45) is 8.65. The number of ether oxygens (including phenoxy) is 1. The van der Waals surface area contributed by atoms with Gasteiger partial charge in [-0.25, -0.2) is 4.98 Å². The number of pyridine rings is 2. The third-order valence-corrected chi connectivity index (χ3v) is 4.42. The van der Waals surface area contributed by atoms with Gasteiger partial charge in [0, 0.05) is 42.3 Å². The third-order valence-electron chi connectivity index (χ3n) is 4.42. The lowest BCUT2D eigenvalue weighted by atomic mass is 9.93. The van der Waals surface area contributed by atoms with Crippen molar-refractivity contribution in [3.8, 4) is 5.88 Å². The molecule has 0 aliphatic heterocycles. The Morgan fingerprint density at radius 3 is 2.93 bits per heavy atom. The standard InChI is InChI=1S/C20H18N4O3/c25-17-5-1-4-16-19(17)15(11-22-16)20(26)24-14-6-7-18(23-10-14)27-12-13-3-2-8-21-9-13/h2-3,6-11,22H,1,4-5,12H2,(H,24,26). The van der Waals surface area contributed by atoms with Crippen molar-refractivity contribution in [2.75, 3.05) is 5.32 Å². The largest absolute Gasteiger partial charge is 0.473 e. The molecule has 0 spiro atoms. The molecule has 0 bridgehead atoms. The van der Waals surface area contributed by atoms with Gasteiger partial charge in [0.1, 0.15) is 6.61 Å². The number of anilines is 1. The van der Waals surface area contributed by atoms with Crippen LogP contribution in [0.15, 0.2) is 49.1 Å². The van der Waals surface area contributed by atoms with Crippen LogP contribution in [-0.4, -0.2) is 26.6 Å². The molecule has 3 aromatic rings. The molecule has 1 aliphatic rings. The number of carbonyl (C=O) groups excluding carboxylic acids is 2. The average Bonchev–Trinajstić information content (AvgIpc) is 3.14. The first-order valence-electron chi connectivity index (χ1n) is 8.73. The van der Waals surface area contributed by atoms with Crippen LogP contribution in [-0.2, 0) is 13.0 Å². The topological polar surface area (TPSA) is 97.0 Å². The first-order valence-corrected chi connectivity index (χ1v) is 8.73. The number of nitrogens with zero attached hydrogens (tertiary/aromatic N) is 2. The lowest BCUT2D eigenvalue weighted by Gasteiger charge is -2.12. The Labute approximate surface area is 155 Å². The van der Waals surface area contributed by atoms with Crippen molar-refractivity contribution in [2.45, 2.75) is 25.9 Å². The smallest absolute Gasteiger partial charge is 0.257 e. The summed E-state index contributed by atoms with van der Waals surface area (Å²) < 4.78 is 5.60. The minimum Gasteiger partial charge on any atom is -0.473 e. The molecule has 1 aliphatic carbocycles. The van der Waals surface area contributed by atoms with E-state index < -0.39 is 0 Å². The van der Waals surface area contributed by atoms with Crippen molar-refractivity contribution in [1.29, 1.82) is 0 Å². The number of fused-ring (bicyclic) bond motifs is 1. The van der Waals surface area contributed by atoms with E-state index in [0.717, 1.165) is 24.1 Å². The molecule has 0 radical (unpaired) electrons. The number of aromatic amines is 1. The molecule has 136 valence electrons. The summed E-state index contributed by atoms with van der Waals surface area (Å²) in [6.45, 7) is 0.365. The predicted octanol–water partition coefficient (Wildman–Crippen LogP) is 3.16. The summed E-state index contributed by atoms with van der Waals surface area (Å²) in [5, 5.41) is 2.78. The Balaban J connectivity index is 1.41. The van der Waals surface area contributed by atoms with Crippen LogP contribution in [0, 0.1) is 0 Å². The summed E-state index contributed by atoms with van der Waals surface area (Å²) in [7, 11) is 0. The van der Waals surface area contributed by atoms with E-state index in [-0.39, 0.29) is 11.7 Å². The zero-order valence-electron chi connectivity index (χ0n) is 14.6. The van der Waals surface area contributed by atoms with E-state index >= 15 is 0 Å². The van der Waals surface area contributed by atoms with Crippen LogP contribution in [0.1, 0.15) is 44.8 Å². The van der Waals surface area contributed by atoms with Crippen molar-refractivity contribution in [3.05, 3.63) is 71.4 Å². The van der Waals surface area contributed by atoms with E-state index in [4.69, 9.17) is 4.74 Å². The Hall–Kier alpha value is -3.48. The second-order valence-electron chi connectivity index (χ2n) is 6.32. The van der Waals surface area contributed by atoms with Crippen LogP contribution >= 0.6 is 0 Å². The van der Waals surface area contributed by atoms with Gasteiger partial charge in [0.15, 0.2) is 5.78 Å². The molecule has 2 N–H and O–H groups in total. The van der Waals surface area contributed by atoms with Gasteiger partial charge in [-0.2, -0.15) is 0 Å². The third kappa shape index (κ3) is 3.72. The van der Waals surface area contributed by atoms with Crippen LogP contribution in [0.4, 0.5) is 5.69 Å². The normalized spacial score (nSPS) is 13.1. The Morgan fingerprint density at radius 2 is 2.15 bits per heavy atom. The monoisotopic (exact) mass is 362 g/mol. The maximum atomic E-state index is 12.5. The van der Waals surface area contributed by atoms with E-state index in [1.807, 2.05) is 12.1 Å². The van der Waals surface area contributed by atoms with Gasteiger partial charge in [-0.05, 0) is 25.0 Å². The Kier molecular flexibility index (Phi) is 4.65. The molecule has 0 aromatic carbocycles. The molecule has 3 heterocycles. The van der Waals surface area contributed by atoms with Gasteiger partial charge in [-0.3, -0.25) is 14.6 Å². The molecule has 7 nitrogen and oxygen atoms in total. The van der Waals surface area contributed by atoms with Gasteiger partial charge < -0.3 is 15.0 Å². The number of Topliss-reactive ketones (excluding diaryl/α,β-unsaturated/α-hetero) is 1. The molecule has 0 unspecified atom stereocenters. The van der Waals surface area contributed by atoms with Crippen LogP contribution in [0.25, 0.3) is 0 Å². The van der Waals surface area contributed by atoms with Gasteiger partial charge in [0.25, 0.3) is 5.91 Å². The predicted molar refractivity (Wildman–Crippen MR) is 98.8 cm³/mol. The number of hydrogen-bond acceptors (Lipinski definition) is 5. The van der Waals surface area contributed by atoms with Gasteiger partial charge in [-0.1, -0.05) is 6.07 Å². The summed E-state index contributed by atoms with van der Waals surface area (Å²) >= 11 is 0. The zero-order chi connectivity index (χ0) is 18.6. The van der Waals surface area contributed by atoms with Crippen molar-refractivity contribution in [3.63, 3.8) is 0 Å². The highest BCUT2D eigenvalue weighted by atomic mass is 16.5. The van der Waals surface area contributed by atoms with E-state index in [1.165, 1.54) is 6.20 Å². The highest BCUT2D eigenvalue weighted by molar-refractivity contribution is 6.13. The van der Waals surface area contributed by atoms with Gasteiger partial charge in [-0.15, -0.1) is 0 Å². The van der Waals surface area contributed by atoms with Crippen LogP contribution in [0.2, 0.25) is 0 Å². The first kappa shape index (κ1) is 17.0. The maximum Gasteiger partial charge on any atom is 0.257 e. The van der Waals surface area contributed by atoms with Crippen LogP contribution in [0.5, 0.6) is 5.88 Å². The van der Waals surface area contributed by atoms with Crippen molar-refractivity contribution < 1.29 is 14.3 Å². The Bertz CT molecular complexity index is 965. The zero-order valence-corrected chi connectivity index (χ0v) is 14.6. The highest BCUT2D eigenvalue weighted by Crippen LogP contribution is 2.25. The molecule has 0 saturated heterocycles. The molecule has 0 saturated carbocycles. The lowest BCUT2D eigenvalue weighted by molar-refractivity contribution is 0.0956. The second kappa shape index (κ2) is 7.41. The number of aromatic nitrogens is 3. The van der Waals surface area contributed by atoms with E-state index in [2.05, 4.69) is 20.3 Å². The number of aryl methyl sites for hydroxylation is 1. The van der Waals surface area contributed by atoms with Crippen molar-refractivity contribution in [1.82, 2.24) is 15.0 Å². The minimum atomic E-state index is -0.325. The first-order chi connectivity index (χ1) is 13.2. The van der Waals surface area contributed by atoms with E-state index in [9.17, 15) is 9.59 Å². The quantitative estimate of drug-likeness (QED) is 0.727. The average molecular weight is 362 g/mol. The number of H-pyrrole nitrogens is 1. The van der Waals surface area contributed by atoms with Gasteiger partial charge >= 0.3 is 0 Å². The molecule has 27 heavy (non-hydrogen) atoms. The molecule has 7 heteroatoms. The number of hydrogen-bond donors (Lipinski definition) is 2. The molecular formula is C20H18N4O3. The molecule has 3 aromatic heterocycles. The van der Waals surface area contributed by atoms with Gasteiger partial charge in [0.05, 0.1) is 23.0 Å². The number of amides is 1. The maximum absolute atomic E-state index is 12.5. The molecule has 0 atom stereocenters. The highest BCUT2D eigenvalue weighted by Gasteiger charge is 2.25. The van der Waals surface area contributed by atoms with Crippen molar-refractivity contribution in [2.24, 2.45) is 0 Å². The van der Waals surface area contributed by atoms with E-state index in [1.54, 1.807) is 30.7 Å². The Morgan fingerprint density at radius 1 is 1.22 bits per heavy atom. The number of rotatable bonds is 5. The lowest BCUT2D eigenvalue weighted by Crippen LogP contribution is -2.18. The van der Waals surface area contributed by atoms with Crippen LogP contribution in [0.3, 0.4) is 0 Å². The summed E-state index contributed by atoms with van der Waals surface area (Å²) in [5.41, 5.74) is 3.22. The SMILES string of the molecule is O=C(Nc1ccc(OCc2cccnc2)nc1)c1c[nH]c2c1C(=O)CCC2. The van der Waals surface area contributed by atoms with Crippen molar-refractivity contribution >= 4 is 17.4 Å². The van der Waals surface area contributed by atoms with E-state index in [0.29, 0.717) is 35.7 Å². The molecule has 1 amide bonds.